The molecule has 0 spiro atoms. The first-order valence-electron chi connectivity index (χ1n) is 11.3. The number of allylic oxidation sites excluding steroid dienone is 3. The van der Waals surface area contributed by atoms with Crippen LogP contribution in [0.1, 0.15) is 38.2 Å². The Morgan fingerprint density at radius 3 is 2.79 bits per heavy atom. The lowest BCUT2D eigenvalue weighted by Crippen LogP contribution is -2.37. The molecule has 7 heteroatoms. The first-order chi connectivity index (χ1) is 16.4. The number of rotatable bonds is 7. The van der Waals surface area contributed by atoms with Gasteiger partial charge in [-0.3, -0.25) is 9.59 Å². The number of methoxy groups -OCH3 is 1. The van der Waals surface area contributed by atoms with Crippen LogP contribution >= 0.6 is 0 Å². The Morgan fingerprint density at radius 2 is 2.09 bits per heavy atom. The first kappa shape index (κ1) is 23.3. The second-order valence-corrected chi connectivity index (χ2v) is 8.60. The molecule has 1 aromatic heterocycles. The average molecular weight is 460 g/mol. The number of dihydropyridines is 1. The van der Waals surface area contributed by atoms with Gasteiger partial charge in [0.05, 0.1) is 7.11 Å². The van der Waals surface area contributed by atoms with Gasteiger partial charge in [-0.15, -0.1) is 0 Å². The predicted molar refractivity (Wildman–Crippen MR) is 131 cm³/mol. The van der Waals surface area contributed by atoms with Crippen LogP contribution in [0.4, 0.5) is 5.82 Å². The maximum absolute atomic E-state index is 13.5. The minimum absolute atomic E-state index is 0.0489. The van der Waals surface area contributed by atoms with Gasteiger partial charge in [0.2, 0.25) is 0 Å². The molecule has 0 radical (unpaired) electrons. The summed E-state index contributed by atoms with van der Waals surface area (Å²) in [6.45, 7) is 7.95. The van der Waals surface area contributed by atoms with Crippen molar-refractivity contribution in [2.24, 2.45) is 5.92 Å². The number of benzene rings is 1. The highest BCUT2D eigenvalue weighted by molar-refractivity contribution is 6.09. The zero-order valence-electron chi connectivity index (χ0n) is 19.7. The number of hydrogen-bond donors (Lipinski definition) is 2. The SMILES string of the molecule is C=CCOc1ccc([C@@H]2C(C(=O)Nc3ccccn3)=C(C)NC3=C2C(=O)C[C@H](C)C3)cc1OC. The van der Waals surface area contributed by atoms with Gasteiger partial charge in [-0.25, -0.2) is 4.98 Å². The van der Waals surface area contributed by atoms with Crippen molar-refractivity contribution in [3.05, 3.63) is 83.4 Å². The van der Waals surface area contributed by atoms with Crippen molar-refractivity contribution < 1.29 is 19.1 Å². The number of carbonyl (C=O) groups excluding carboxylic acids is 2. The van der Waals surface area contributed by atoms with Crippen LogP contribution in [0.5, 0.6) is 11.5 Å². The summed E-state index contributed by atoms with van der Waals surface area (Å²) in [6, 6.07) is 10.8. The number of ketones is 1. The highest BCUT2D eigenvalue weighted by Gasteiger charge is 2.40. The van der Waals surface area contributed by atoms with E-state index in [4.69, 9.17) is 9.47 Å². The zero-order valence-corrected chi connectivity index (χ0v) is 19.7. The Hall–Kier alpha value is -3.87. The van der Waals surface area contributed by atoms with Gasteiger partial charge in [-0.1, -0.05) is 31.7 Å². The quantitative estimate of drug-likeness (QED) is 0.593. The second-order valence-electron chi connectivity index (χ2n) is 8.60. The summed E-state index contributed by atoms with van der Waals surface area (Å²) < 4.78 is 11.3. The molecule has 2 heterocycles. The molecule has 0 saturated carbocycles. The van der Waals surface area contributed by atoms with Crippen molar-refractivity contribution in [2.45, 2.75) is 32.6 Å². The molecule has 2 aromatic rings. The van der Waals surface area contributed by atoms with Crippen LogP contribution in [0.3, 0.4) is 0 Å². The Balaban J connectivity index is 1.81. The third kappa shape index (κ3) is 4.59. The minimum atomic E-state index is -0.540. The summed E-state index contributed by atoms with van der Waals surface area (Å²) in [5.74, 6) is 0.977. The predicted octanol–water partition coefficient (Wildman–Crippen LogP) is 4.51. The smallest absolute Gasteiger partial charge is 0.255 e. The highest BCUT2D eigenvalue weighted by Crippen LogP contribution is 2.45. The van der Waals surface area contributed by atoms with E-state index in [1.54, 1.807) is 43.6 Å². The first-order valence-corrected chi connectivity index (χ1v) is 11.3. The van der Waals surface area contributed by atoms with E-state index >= 15 is 0 Å². The number of pyridine rings is 1. The summed E-state index contributed by atoms with van der Waals surface area (Å²) in [4.78, 5) is 31.0. The molecule has 0 fully saturated rings. The molecular formula is C27H29N3O4. The molecule has 34 heavy (non-hydrogen) atoms. The van der Waals surface area contributed by atoms with Crippen LogP contribution in [0.2, 0.25) is 0 Å². The van der Waals surface area contributed by atoms with Crippen molar-refractivity contribution >= 4 is 17.5 Å². The number of aromatic nitrogens is 1. The summed E-state index contributed by atoms with van der Waals surface area (Å²) >= 11 is 0. The molecule has 2 atom stereocenters. The summed E-state index contributed by atoms with van der Waals surface area (Å²) in [5.41, 5.74) is 3.49. The van der Waals surface area contributed by atoms with E-state index in [0.717, 1.165) is 17.7 Å². The van der Waals surface area contributed by atoms with Crippen molar-refractivity contribution in [2.75, 3.05) is 19.0 Å². The molecule has 1 aliphatic carbocycles. The van der Waals surface area contributed by atoms with Gasteiger partial charge < -0.3 is 20.1 Å². The molecule has 1 aromatic carbocycles. The van der Waals surface area contributed by atoms with Crippen molar-refractivity contribution in [3.8, 4) is 11.5 Å². The number of anilines is 1. The Kier molecular flexibility index (Phi) is 6.82. The van der Waals surface area contributed by atoms with Crippen molar-refractivity contribution in [1.82, 2.24) is 10.3 Å². The molecule has 0 bridgehead atoms. The zero-order chi connectivity index (χ0) is 24.2. The maximum atomic E-state index is 13.5. The van der Waals surface area contributed by atoms with Crippen LogP contribution in [0.15, 0.2) is 77.8 Å². The van der Waals surface area contributed by atoms with E-state index in [0.29, 0.717) is 47.2 Å². The van der Waals surface area contributed by atoms with E-state index in [9.17, 15) is 9.59 Å². The lowest BCUT2D eigenvalue weighted by atomic mass is 9.73. The summed E-state index contributed by atoms with van der Waals surface area (Å²) in [5, 5.41) is 6.23. The summed E-state index contributed by atoms with van der Waals surface area (Å²) in [7, 11) is 1.57. The number of nitrogens with one attached hydrogen (secondary N) is 2. The largest absolute Gasteiger partial charge is 0.493 e. The van der Waals surface area contributed by atoms with E-state index < -0.39 is 5.92 Å². The topological polar surface area (TPSA) is 89.5 Å². The Labute approximate surface area is 199 Å². The van der Waals surface area contributed by atoms with Gasteiger partial charge in [0, 0.05) is 41.1 Å². The van der Waals surface area contributed by atoms with Crippen molar-refractivity contribution in [3.63, 3.8) is 0 Å². The maximum Gasteiger partial charge on any atom is 0.255 e. The third-order valence-corrected chi connectivity index (χ3v) is 6.06. The fraction of sp³-hybridized carbons (Fsp3) is 0.296. The number of amides is 1. The second kappa shape index (κ2) is 9.95. The molecule has 0 unspecified atom stereocenters. The number of nitrogens with zero attached hydrogens (tertiary/aromatic N) is 1. The van der Waals surface area contributed by atoms with Crippen LogP contribution in [-0.2, 0) is 9.59 Å². The van der Waals surface area contributed by atoms with E-state index in [-0.39, 0.29) is 17.6 Å². The fourth-order valence-corrected chi connectivity index (χ4v) is 4.62. The van der Waals surface area contributed by atoms with E-state index in [1.807, 2.05) is 19.1 Å². The number of ether oxygens (including phenoxy) is 2. The molecule has 1 amide bonds. The lowest BCUT2D eigenvalue weighted by Gasteiger charge is -2.36. The number of carbonyl (C=O) groups is 2. The Morgan fingerprint density at radius 1 is 1.26 bits per heavy atom. The molecule has 176 valence electrons. The van der Waals surface area contributed by atoms with Gasteiger partial charge >= 0.3 is 0 Å². The van der Waals surface area contributed by atoms with Gasteiger partial charge in [0.1, 0.15) is 12.4 Å². The van der Waals surface area contributed by atoms with E-state index in [2.05, 4.69) is 29.1 Å². The van der Waals surface area contributed by atoms with Crippen LogP contribution in [0, 0.1) is 5.92 Å². The Bertz CT molecular complexity index is 1180. The van der Waals surface area contributed by atoms with Gasteiger partial charge in [-0.05, 0) is 49.1 Å². The minimum Gasteiger partial charge on any atom is -0.493 e. The van der Waals surface area contributed by atoms with Gasteiger partial charge in [-0.2, -0.15) is 0 Å². The van der Waals surface area contributed by atoms with Crippen molar-refractivity contribution in [1.29, 1.82) is 0 Å². The molecular weight excluding hydrogens is 430 g/mol. The molecule has 4 rings (SSSR count). The molecule has 2 aliphatic rings. The third-order valence-electron chi connectivity index (χ3n) is 6.06. The lowest BCUT2D eigenvalue weighted by molar-refractivity contribution is -0.117. The summed E-state index contributed by atoms with van der Waals surface area (Å²) in [6.07, 6.45) is 4.48. The fourth-order valence-electron chi connectivity index (χ4n) is 4.62. The average Bonchev–Trinajstić information content (AvgIpc) is 2.82. The standard InChI is InChI=1S/C27H29N3O4/c1-5-12-34-21-10-9-18(15-22(21)33-4)25-24(27(32)30-23-8-6-7-11-28-23)17(3)29-19-13-16(2)14-20(31)26(19)25/h5-11,15-16,25,29H,1,12-14H2,2-4H3,(H,28,30,32)/t16-,25-/m1/s1. The molecule has 2 N–H and O–H groups in total. The highest BCUT2D eigenvalue weighted by atomic mass is 16.5. The monoisotopic (exact) mass is 459 g/mol. The number of hydrogen-bond acceptors (Lipinski definition) is 6. The number of Topliss-reactive ketones (excluding diaryl/α,β-unsaturated/α-hetero) is 1. The van der Waals surface area contributed by atoms with Crippen LogP contribution < -0.4 is 20.1 Å². The van der Waals surface area contributed by atoms with Crippen LogP contribution in [0.25, 0.3) is 0 Å². The molecule has 7 nitrogen and oxygen atoms in total. The molecule has 0 saturated heterocycles. The van der Waals surface area contributed by atoms with Gasteiger partial charge in [0.15, 0.2) is 17.3 Å². The van der Waals surface area contributed by atoms with E-state index in [1.165, 1.54) is 0 Å². The normalized spacial score (nSPS) is 19.8. The van der Waals surface area contributed by atoms with Gasteiger partial charge in [0.25, 0.3) is 5.91 Å². The molecule has 1 aliphatic heterocycles. The van der Waals surface area contributed by atoms with Crippen LogP contribution in [-0.4, -0.2) is 30.4 Å².